The number of aromatic nitrogens is 1. The molecular weight excluding hydrogens is 204 g/mol. The summed E-state index contributed by atoms with van der Waals surface area (Å²) in [6, 6.07) is 1.65. The molecule has 0 aromatic carbocycles. The Kier molecular flexibility index (Phi) is 2.34. The van der Waals surface area contributed by atoms with Crippen LogP contribution in [0.15, 0.2) is 12.3 Å². The third-order valence-electron chi connectivity index (χ3n) is 2.36. The molecule has 2 heterocycles. The van der Waals surface area contributed by atoms with Crippen LogP contribution < -0.4 is 10.1 Å². The highest BCUT2D eigenvalue weighted by Crippen LogP contribution is 2.36. The lowest BCUT2D eigenvalue weighted by molar-refractivity contribution is -0.0168. The molecule has 0 unspecified atom stereocenters. The summed E-state index contributed by atoms with van der Waals surface area (Å²) in [7, 11) is 1.51. The Hall–Kier alpha value is -0.840. The first kappa shape index (κ1) is 9.71. The van der Waals surface area contributed by atoms with Gasteiger partial charge in [0, 0.05) is 19.3 Å². The molecular formula is C9H11ClN2O2. The van der Waals surface area contributed by atoms with E-state index in [4.69, 9.17) is 16.3 Å². The Balaban J connectivity index is 2.49. The van der Waals surface area contributed by atoms with E-state index in [0.29, 0.717) is 29.6 Å². The van der Waals surface area contributed by atoms with E-state index in [0.717, 1.165) is 0 Å². The van der Waals surface area contributed by atoms with Crippen molar-refractivity contribution < 1.29 is 9.84 Å². The molecule has 1 aromatic heterocycles. The van der Waals surface area contributed by atoms with E-state index >= 15 is 0 Å². The van der Waals surface area contributed by atoms with Crippen molar-refractivity contribution in [2.24, 2.45) is 0 Å². The molecule has 1 aliphatic heterocycles. The van der Waals surface area contributed by atoms with Crippen LogP contribution in [0.3, 0.4) is 0 Å². The molecule has 1 aromatic rings. The van der Waals surface area contributed by atoms with Crippen molar-refractivity contribution in [3.8, 4) is 5.88 Å². The van der Waals surface area contributed by atoms with Crippen LogP contribution in [-0.2, 0) is 5.60 Å². The number of aliphatic hydroxyl groups is 1. The predicted molar refractivity (Wildman–Crippen MR) is 52.6 cm³/mol. The Morgan fingerprint density at radius 2 is 2.36 bits per heavy atom. The topological polar surface area (TPSA) is 54.4 Å². The second kappa shape index (κ2) is 3.38. The summed E-state index contributed by atoms with van der Waals surface area (Å²) in [6.07, 6.45) is 1.56. The van der Waals surface area contributed by atoms with E-state index in [1.54, 1.807) is 12.3 Å². The van der Waals surface area contributed by atoms with Crippen LogP contribution >= 0.6 is 11.6 Å². The number of rotatable bonds is 2. The number of β-amino-alcohol motifs (C(OH)–C–C–N with tert-alkyl or cyclic N) is 1. The summed E-state index contributed by atoms with van der Waals surface area (Å²) in [5.74, 6) is 0.390. The van der Waals surface area contributed by atoms with E-state index in [1.807, 2.05) is 0 Å². The van der Waals surface area contributed by atoms with Gasteiger partial charge in [0.1, 0.15) is 5.60 Å². The quantitative estimate of drug-likeness (QED) is 0.755. The normalized spacial score (nSPS) is 18.8. The second-order valence-electron chi connectivity index (χ2n) is 3.31. The zero-order chi connectivity index (χ0) is 10.2. The van der Waals surface area contributed by atoms with E-state index in [2.05, 4.69) is 10.3 Å². The van der Waals surface area contributed by atoms with Gasteiger partial charge in [-0.05, 0) is 6.07 Å². The Morgan fingerprint density at radius 3 is 2.86 bits per heavy atom. The van der Waals surface area contributed by atoms with Gasteiger partial charge in [-0.1, -0.05) is 11.6 Å². The minimum absolute atomic E-state index is 0.390. The third-order valence-corrected chi connectivity index (χ3v) is 2.67. The molecule has 76 valence electrons. The lowest BCUT2D eigenvalue weighted by Crippen LogP contribution is -2.57. The number of methoxy groups -OCH3 is 1. The first-order valence-corrected chi connectivity index (χ1v) is 4.67. The predicted octanol–water partition coefficient (Wildman–Crippen LogP) is 0.534. The van der Waals surface area contributed by atoms with Gasteiger partial charge in [0.05, 0.1) is 17.7 Å². The number of hydrogen-bond acceptors (Lipinski definition) is 4. The number of hydrogen-bond donors (Lipinski definition) is 2. The average Bonchev–Trinajstić information content (AvgIpc) is 2.14. The van der Waals surface area contributed by atoms with E-state index in [1.165, 1.54) is 7.11 Å². The summed E-state index contributed by atoms with van der Waals surface area (Å²) >= 11 is 6.00. The van der Waals surface area contributed by atoms with Crippen LogP contribution in [-0.4, -0.2) is 30.3 Å². The van der Waals surface area contributed by atoms with Crippen molar-refractivity contribution in [3.05, 3.63) is 22.8 Å². The SMILES string of the molecule is COc1nccc(Cl)c1C1(O)CNC1. The maximum absolute atomic E-state index is 10.1. The molecule has 0 saturated carbocycles. The summed E-state index contributed by atoms with van der Waals surface area (Å²) < 4.78 is 5.06. The fraction of sp³-hybridized carbons (Fsp3) is 0.444. The third kappa shape index (κ3) is 1.35. The van der Waals surface area contributed by atoms with E-state index in [-0.39, 0.29) is 0 Å². The molecule has 14 heavy (non-hydrogen) atoms. The van der Waals surface area contributed by atoms with Gasteiger partial charge in [-0.3, -0.25) is 0 Å². The van der Waals surface area contributed by atoms with Crippen LogP contribution in [0.4, 0.5) is 0 Å². The van der Waals surface area contributed by atoms with Gasteiger partial charge >= 0.3 is 0 Å². The van der Waals surface area contributed by atoms with Crippen molar-refractivity contribution in [3.63, 3.8) is 0 Å². The molecule has 1 aliphatic rings. The lowest BCUT2D eigenvalue weighted by atomic mass is 9.89. The largest absolute Gasteiger partial charge is 0.481 e. The number of pyridine rings is 1. The monoisotopic (exact) mass is 214 g/mol. The zero-order valence-corrected chi connectivity index (χ0v) is 8.51. The minimum Gasteiger partial charge on any atom is -0.481 e. The maximum atomic E-state index is 10.1. The number of halogens is 1. The van der Waals surface area contributed by atoms with Crippen molar-refractivity contribution in [2.75, 3.05) is 20.2 Å². The molecule has 0 aliphatic carbocycles. The van der Waals surface area contributed by atoms with Crippen molar-refractivity contribution in [1.82, 2.24) is 10.3 Å². The van der Waals surface area contributed by atoms with Gasteiger partial charge in [0.25, 0.3) is 0 Å². The van der Waals surface area contributed by atoms with Crippen LogP contribution in [0.5, 0.6) is 5.88 Å². The molecule has 0 radical (unpaired) electrons. The van der Waals surface area contributed by atoms with E-state index in [9.17, 15) is 5.11 Å². The standard InChI is InChI=1S/C9H11ClN2O2/c1-14-8-7(6(10)2-3-12-8)9(13)4-11-5-9/h2-3,11,13H,4-5H2,1H3. The van der Waals surface area contributed by atoms with Gasteiger partial charge in [-0.2, -0.15) is 0 Å². The maximum Gasteiger partial charge on any atom is 0.220 e. The van der Waals surface area contributed by atoms with Gasteiger partial charge in [0.2, 0.25) is 5.88 Å². The molecule has 2 rings (SSSR count). The molecule has 1 saturated heterocycles. The Labute approximate surface area is 86.9 Å². The number of nitrogens with one attached hydrogen (secondary N) is 1. The van der Waals surface area contributed by atoms with Crippen LogP contribution in [0, 0.1) is 0 Å². The molecule has 5 heteroatoms. The highest BCUT2D eigenvalue weighted by Gasteiger charge is 2.40. The fourth-order valence-corrected chi connectivity index (χ4v) is 1.85. The molecule has 4 nitrogen and oxygen atoms in total. The number of nitrogens with zero attached hydrogens (tertiary/aromatic N) is 1. The number of ether oxygens (including phenoxy) is 1. The van der Waals surface area contributed by atoms with Crippen LogP contribution in [0.1, 0.15) is 5.56 Å². The summed E-state index contributed by atoms with van der Waals surface area (Å²) in [5.41, 5.74) is -0.362. The summed E-state index contributed by atoms with van der Waals surface area (Å²) in [5, 5.41) is 13.6. The molecule has 0 amide bonds. The van der Waals surface area contributed by atoms with Gasteiger partial charge < -0.3 is 15.2 Å². The summed E-state index contributed by atoms with van der Waals surface area (Å²) in [6.45, 7) is 0.962. The molecule has 0 atom stereocenters. The Bertz CT molecular complexity index is 353. The van der Waals surface area contributed by atoms with Crippen molar-refractivity contribution in [1.29, 1.82) is 0 Å². The first-order chi connectivity index (χ1) is 6.67. The molecule has 1 fully saturated rings. The molecule has 0 spiro atoms. The van der Waals surface area contributed by atoms with Gasteiger partial charge in [-0.15, -0.1) is 0 Å². The first-order valence-electron chi connectivity index (χ1n) is 4.29. The minimum atomic E-state index is -0.934. The molecule has 0 bridgehead atoms. The molecule has 2 N–H and O–H groups in total. The van der Waals surface area contributed by atoms with Crippen LogP contribution in [0.25, 0.3) is 0 Å². The van der Waals surface area contributed by atoms with Gasteiger partial charge in [-0.25, -0.2) is 4.98 Å². The second-order valence-corrected chi connectivity index (χ2v) is 3.72. The lowest BCUT2D eigenvalue weighted by Gasteiger charge is -2.38. The fourth-order valence-electron chi connectivity index (χ4n) is 1.54. The highest BCUT2D eigenvalue weighted by molar-refractivity contribution is 6.31. The smallest absolute Gasteiger partial charge is 0.220 e. The highest BCUT2D eigenvalue weighted by atomic mass is 35.5. The summed E-state index contributed by atoms with van der Waals surface area (Å²) in [4.78, 5) is 4.01. The van der Waals surface area contributed by atoms with Crippen LogP contribution in [0.2, 0.25) is 5.02 Å². The van der Waals surface area contributed by atoms with Crippen molar-refractivity contribution in [2.45, 2.75) is 5.60 Å². The van der Waals surface area contributed by atoms with Crippen molar-refractivity contribution >= 4 is 11.6 Å². The Morgan fingerprint density at radius 1 is 1.64 bits per heavy atom. The average molecular weight is 215 g/mol. The zero-order valence-electron chi connectivity index (χ0n) is 7.75. The van der Waals surface area contributed by atoms with Gasteiger partial charge in [0.15, 0.2) is 0 Å². The van der Waals surface area contributed by atoms with E-state index < -0.39 is 5.60 Å².